The summed E-state index contributed by atoms with van der Waals surface area (Å²) in [6.45, 7) is 11.3. The molecule has 4 aromatic heterocycles. The molecule has 9 rings (SSSR count). The summed E-state index contributed by atoms with van der Waals surface area (Å²) in [6.07, 6.45) is 3.81. The van der Waals surface area contributed by atoms with E-state index >= 15 is 0 Å². The summed E-state index contributed by atoms with van der Waals surface area (Å²) >= 11 is 0. The van der Waals surface area contributed by atoms with Gasteiger partial charge in [0.05, 0.1) is 22.1 Å². The smallest absolute Gasteiger partial charge is 0.141 e. The topological polar surface area (TPSA) is 44.9 Å². The van der Waals surface area contributed by atoms with Gasteiger partial charge in [0.15, 0.2) is 0 Å². The van der Waals surface area contributed by atoms with Crippen LogP contribution in [0.1, 0.15) is 51.3 Å². The van der Waals surface area contributed by atoms with Crippen molar-refractivity contribution in [1.29, 1.82) is 0 Å². The number of hydrogen-bond acceptors (Lipinski definition) is 3. The molecule has 5 heterocycles. The van der Waals surface area contributed by atoms with Crippen molar-refractivity contribution < 1.29 is 4.74 Å². The normalized spacial score (nSPS) is 13.9. The number of fused-ring (bicyclic) bond motifs is 8. The van der Waals surface area contributed by atoms with Crippen LogP contribution in [-0.2, 0) is 10.8 Å². The van der Waals surface area contributed by atoms with Gasteiger partial charge in [0, 0.05) is 57.0 Å². The Labute approximate surface area is 267 Å². The quantitative estimate of drug-likeness (QED) is 0.203. The van der Waals surface area contributed by atoms with E-state index in [1.165, 1.54) is 43.8 Å². The van der Waals surface area contributed by atoms with Crippen LogP contribution in [0.15, 0.2) is 116 Å². The molecular formula is C41H34N4O. The van der Waals surface area contributed by atoms with Crippen molar-refractivity contribution in [3.8, 4) is 23.1 Å². The van der Waals surface area contributed by atoms with Gasteiger partial charge in [-0.2, -0.15) is 0 Å². The molecule has 4 aromatic carbocycles. The summed E-state index contributed by atoms with van der Waals surface area (Å²) in [5, 5.41) is 4.79. The van der Waals surface area contributed by atoms with Crippen LogP contribution >= 0.6 is 0 Å². The van der Waals surface area contributed by atoms with Crippen LogP contribution in [0.25, 0.3) is 55.2 Å². The second-order valence-corrected chi connectivity index (χ2v) is 14.0. The van der Waals surface area contributed by atoms with Crippen LogP contribution in [0, 0.1) is 0 Å². The first-order valence-electron chi connectivity index (χ1n) is 15.9. The number of benzene rings is 4. The van der Waals surface area contributed by atoms with Gasteiger partial charge < -0.3 is 4.74 Å². The van der Waals surface area contributed by atoms with Gasteiger partial charge in [0.2, 0.25) is 0 Å². The number of pyridine rings is 2. The minimum atomic E-state index is -0.151. The highest BCUT2D eigenvalue weighted by molar-refractivity contribution is 6.12. The Morgan fingerprint density at radius 2 is 1.26 bits per heavy atom. The zero-order valence-electron chi connectivity index (χ0n) is 26.7. The summed E-state index contributed by atoms with van der Waals surface area (Å²) in [5.41, 5.74) is 8.14. The maximum absolute atomic E-state index is 6.66. The van der Waals surface area contributed by atoms with Crippen molar-refractivity contribution in [3.63, 3.8) is 0 Å². The number of nitrogens with zero attached hydrogens (tertiary/aromatic N) is 4. The largest absolute Gasteiger partial charge is 0.457 e. The highest BCUT2D eigenvalue weighted by Crippen LogP contribution is 2.47. The zero-order chi connectivity index (χ0) is 31.4. The first-order chi connectivity index (χ1) is 22.2. The first-order valence-corrected chi connectivity index (χ1v) is 15.9. The van der Waals surface area contributed by atoms with Crippen LogP contribution in [-0.4, -0.2) is 19.1 Å². The average Bonchev–Trinajstić information content (AvgIpc) is 3.56. The van der Waals surface area contributed by atoms with Gasteiger partial charge in [-0.1, -0.05) is 77.1 Å². The molecule has 0 aliphatic carbocycles. The van der Waals surface area contributed by atoms with E-state index < -0.39 is 0 Å². The van der Waals surface area contributed by atoms with Crippen molar-refractivity contribution in [1.82, 2.24) is 19.1 Å². The van der Waals surface area contributed by atoms with Crippen LogP contribution in [0.4, 0.5) is 0 Å². The molecule has 1 aliphatic heterocycles. The van der Waals surface area contributed by atoms with E-state index in [0.717, 1.165) is 39.7 Å². The van der Waals surface area contributed by atoms with E-state index in [4.69, 9.17) is 14.7 Å². The number of rotatable bonds is 3. The van der Waals surface area contributed by atoms with E-state index in [2.05, 4.69) is 141 Å². The highest BCUT2D eigenvalue weighted by atomic mass is 16.5. The molecule has 0 radical (unpaired) electrons. The van der Waals surface area contributed by atoms with Crippen molar-refractivity contribution in [3.05, 3.63) is 132 Å². The fraction of sp³-hybridized carbons (Fsp3) is 0.171. The fourth-order valence-corrected chi connectivity index (χ4v) is 7.45. The predicted octanol–water partition coefficient (Wildman–Crippen LogP) is 10.4. The van der Waals surface area contributed by atoms with Gasteiger partial charge in [0.1, 0.15) is 23.1 Å². The minimum absolute atomic E-state index is 0.0128. The molecule has 0 amide bonds. The molecule has 0 spiro atoms. The molecule has 0 bridgehead atoms. The van der Waals surface area contributed by atoms with Gasteiger partial charge in [-0.15, -0.1) is 0 Å². The molecule has 8 aromatic rings. The van der Waals surface area contributed by atoms with E-state index in [1.807, 2.05) is 18.5 Å². The Morgan fingerprint density at radius 1 is 0.587 bits per heavy atom. The van der Waals surface area contributed by atoms with Crippen molar-refractivity contribution >= 4 is 43.6 Å². The Bertz CT molecular complexity index is 2530. The number of para-hydroxylation sites is 2. The summed E-state index contributed by atoms with van der Waals surface area (Å²) < 4.78 is 11.2. The molecule has 0 N–H and O–H groups in total. The van der Waals surface area contributed by atoms with Gasteiger partial charge in [-0.3, -0.25) is 9.13 Å². The molecule has 0 saturated heterocycles. The Hall–Kier alpha value is -5.42. The number of ether oxygens (including phenoxy) is 1. The lowest BCUT2D eigenvalue weighted by molar-refractivity contribution is 0.484. The Balaban J connectivity index is 1.21. The van der Waals surface area contributed by atoms with E-state index in [1.54, 1.807) is 0 Å². The molecule has 224 valence electrons. The lowest BCUT2D eigenvalue weighted by Gasteiger charge is -2.33. The van der Waals surface area contributed by atoms with Crippen LogP contribution in [0.3, 0.4) is 0 Å². The third kappa shape index (κ3) is 3.75. The lowest BCUT2D eigenvalue weighted by atomic mass is 9.76. The average molecular weight is 599 g/mol. The van der Waals surface area contributed by atoms with Gasteiger partial charge >= 0.3 is 0 Å². The molecule has 0 atom stereocenters. The second-order valence-electron chi connectivity index (χ2n) is 14.0. The third-order valence-electron chi connectivity index (χ3n) is 9.83. The van der Waals surface area contributed by atoms with Crippen molar-refractivity contribution in [2.24, 2.45) is 0 Å². The molecule has 46 heavy (non-hydrogen) atoms. The van der Waals surface area contributed by atoms with Crippen LogP contribution < -0.4 is 4.74 Å². The monoisotopic (exact) mass is 598 g/mol. The Kier molecular flexibility index (Phi) is 5.45. The van der Waals surface area contributed by atoms with Crippen LogP contribution in [0.5, 0.6) is 11.5 Å². The lowest BCUT2D eigenvalue weighted by Crippen LogP contribution is -2.26. The van der Waals surface area contributed by atoms with Gasteiger partial charge in [0.25, 0.3) is 0 Å². The first kappa shape index (κ1) is 26.9. The van der Waals surface area contributed by atoms with Crippen molar-refractivity contribution in [2.45, 2.75) is 45.4 Å². The van der Waals surface area contributed by atoms with E-state index in [-0.39, 0.29) is 10.8 Å². The van der Waals surface area contributed by atoms with Crippen LogP contribution in [0.2, 0.25) is 0 Å². The fourth-order valence-electron chi connectivity index (χ4n) is 7.45. The Morgan fingerprint density at radius 3 is 2.04 bits per heavy atom. The summed E-state index contributed by atoms with van der Waals surface area (Å²) in [4.78, 5) is 9.74. The predicted molar refractivity (Wildman–Crippen MR) is 188 cm³/mol. The zero-order valence-corrected chi connectivity index (χ0v) is 26.7. The maximum atomic E-state index is 6.66. The van der Waals surface area contributed by atoms with Gasteiger partial charge in [-0.25, -0.2) is 9.97 Å². The number of aromatic nitrogens is 4. The maximum Gasteiger partial charge on any atom is 0.141 e. The molecule has 0 unspecified atom stereocenters. The summed E-state index contributed by atoms with van der Waals surface area (Å²) in [5.74, 6) is 3.45. The second kappa shape index (κ2) is 9.30. The van der Waals surface area contributed by atoms with E-state index in [0.29, 0.717) is 0 Å². The minimum Gasteiger partial charge on any atom is -0.457 e. The summed E-state index contributed by atoms with van der Waals surface area (Å²) in [6, 6.07) is 36.5. The molecule has 0 saturated carbocycles. The molecule has 1 aliphatic rings. The number of hydrogen-bond donors (Lipinski definition) is 0. The molecular weight excluding hydrogens is 564 g/mol. The third-order valence-corrected chi connectivity index (χ3v) is 9.83. The van der Waals surface area contributed by atoms with E-state index in [9.17, 15) is 0 Å². The van der Waals surface area contributed by atoms with Crippen molar-refractivity contribution in [2.75, 3.05) is 0 Å². The highest BCUT2D eigenvalue weighted by Gasteiger charge is 2.35. The summed E-state index contributed by atoms with van der Waals surface area (Å²) in [7, 11) is 0. The van der Waals surface area contributed by atoms with Gasteiger partial charge in [-0.05, 0) is 65.1 Å². The SMILES string of the molecule is CC(C)(C)c1ccnc(-n2c3ccccc3c3ccc(Oc4ccc5c6cccc7c6n(c5c4)-c4ncccc4C7(C)C)cc32)c1. The molecule has 5 nitrogen and oxygen atoms in total. The standard InChI is InChI=1S/C41H34N4O/c1-40(2,3)25-19-21-42-37(22-25)44-34-14-7-6-10-28(34)29-17-15-26(23-35(29)44)46-27-16-18-30-31-11-8-12-32-38(31)45(36(30)24-27)39-33(41(32,4)5)13-9-20-43-39/h6-24H,1-5H3. The molecule has 5 heteroatoms. The molecule has 0 fully saturated rings.